The fraction of sp³-hybridized carbons (Fsp3) is 0.538. The number of nitrogens with one attached hydrogen (secondary N) is 1. The van der Waals surface area contributed by atoms with Gasteiger partial charge in [-0.2, -0.15) is 0 Å². The zero-order chi connectivity index (χ0) is 15.3. The van der Waals surface area contributed by atoms with Crippen molar-refractivity contribution in [3.8, 4) is 0 Å². The van der Waals surface area contributed by atoms with E-state index in [0.717, 1.165) is 29.4 Å². The number of halogens is 1. The summed E-state index contributed by atoms with van der Waals surface area (Å²) < 4.78 is 15.5. The minimum absolute atomic E-state index is 0.616. The molecule has 0 amide bonds. The van der Waals surface area contributed by atoms with Crippen molar-refractivity contribution in [3.63, 3.8) is 0 Å². The maximum Gasteiger partial charge on any atom is 0.500 e. The monoisotopic (exact) mass is 335 g/mol. The Hall–Kier alpha value is -0.216. The third-order valence-corrected chi connectivity index (χ3v) is 6.23. The van der Waals surface area contributed by atoms with Crippen LogP contribution in [0.4, 0.5) is 0 Å². The molecule has 0 bridgehead atoms. The Morgan fingerprint density at radius 2 is 1.65 bits per heavy atom. The maximum atomic E-state index is 5.53. The van der Waals surface area contributed by atoms with Gasteiger partial charge in [0.1, 0.15) is 0 Å². The Kier molecular flexibility index (Phi) is 12.4. The maximum absolute atomic E-state index is 5.53. The lowest BCUT2D eigenvalue weighted by atomic mass is 10.2. The first-order valence-electron chi connectivity index (χ1n) is 6.58. The summed E-state index contributed by atoms with van der Waals surface area (Å²) in [6.07, 6.45) is 0.864. The van der Waals surface area contributed by atoms with Crippen molar-refractivity contribution in [3.05, 3.63) is 35.9 Å². The van der Waals surface area contributed by atoms with Gasteiger partial charge in [0.15, 0.2) is 0 Å². The minimum Gasteiger partial charge on any atom is -0.377 e. The number of alkyl halides is 1. The van der Waals surface area contributed by atoms with Crippen LogP contribution in [-0.4, -0.2) is 46.4 Å². The van der Waals surface area contributed by atoms with Crippen LogP contribution in [0.2, 0.25) is 6.04 Å². The van der Waals surface area contributed by atoms with Gasteiger partial charge in [-0.05, 0) is 12.0 Å². The summed E-state index contributed by atoms with van der Waals surface area (Å²) in [6, 6.07) is 11.2. The fourth-order valence-corrected chi connectivity index (χ4v) is 4.13. The molecule has 0 saturated heterocycles. The van der Waals surface area contributed by atoms with E-state index < -0.39 is 8.80 Å². The summed E-state index contributed by atoms with van der Waals surface area (Å²) in [5.74, 6) is 0.616. The van der Waals surface area contributed by atoms with Crippen LogP contribution in [0.3, 0.4) is 0 Å². The van der Waals surface area contributed by atoms with Crippen molar-refractivity contribution in [2.75, 3.05) is 27.2 Å². The molecule has 1 aromatic carbocycles. The quantitative estimate of drug-likeness (QED) is 0.578. The van der Waals surface area contributed by atoms with E-state index in [9.17, 15) is 0 Å². The molecule has 1 rings (SSSR count). The summed E-state index contributed by atoms with van der Waals surface area (Å²) in [6.45, 7) is 1.02. The van der Waals surface area contributed by atoms with Gasteiger partial charge in [-0.1, -0.05) is 30.3 Å². The second-order valence-electron chi connectivity index (χ2n) is 4.10. The second-order valence-corrected chi connectivity index (χ2v) is 8.28. The van der Waals surface area contributed by atoms with Gasteiger partial charge >= 0.3 is 8.80 Å². The lowest BCUT2D eigenvalue weighted by Crippen LogP contribution is -2.42. The van der Waals surface area contributed by atoms with Crippen LogP contribution in [0.25, 0.3) is 0 Å². The average Bonchev–Trinajstić information content (AvgIpc) is 2.51. The van der Waals surface area contributed by atoms with Gasteiger partial charge in [0, 0.05) is 39.8 Å². The summed E-state index contributed by atoms with van der Waals surface area (Å²) >= 11 is 5.53. The molecule has 0 heterocycles. The van der Waals surface area contributed by atoms with E-state index in [-0.39, 0.29) is 0 Å². The Balaban J connectivity index is 0.000000367. The van der Waals surface area contributed by atoms with E-state index in [0.29, 0.717) is 5.88 Å². The third kappa shape index (κ3) is 8.16. The molecule has 0 spiro atoms. The van der Waals surface area contributed by atoms with Crippen LogP contribution in [0.5, 0.6) is 0 Å². The van der Waals surface area contributed by atoms with Gasteiger partial charge < -0.3 is 18.3 Å². The van der Waals surface area contributed by atoms with E-state index in [1.807, 2.05) is 6.07 Å². The highest BCUT2D eigenvalue weighted by molar-refractivity contribution is 6.60. The van der Waals surface area contributed by atoms with E-state index in [1.54, 1.807) is 21.3 Å². The topological polar surface area (TPSA) is 39.7 Å². The van der Waals surface area contributed by atoms with Crippen molar-refractivity contribution in [1.29, 1.82) is 0 Å². The molecule has 0 aromatic heterocycles. The van der Waals surface area contributed by atoms with Crippen molar-refractivity contribution in [2.24, 2.45) is 0 Å². The zero-order valence-corrected chi connectivity index (χ0v) is 16.6. The lowest BCUT2D eigenvalue weighted by Gasteiger charge is -2.23. The Morgan fingerprint density at radius 3 is 2.05 bits per heavy atom. The first-order chi connectivity index (χ1) is 9.67. The van der Waals surface area contributed by atoms with Crippen LogP contribution in [-0.2, 0) is 19.8 Å². The van der Waals surface area contributed by atoms with Gasteiger partial charge in [-0.3, -0.25) is 0 Å². The average molecular weight is 336 g/mol. The fourth-order valence-electron chi connectivity index (χ4n) is 1.64. The first-order valence-corrected chi connectivity index (χ1v) is 10.0. The summed E-state index contributed by atoms with van der Waals surface area (Å²) in [4.78, 5) is 3.22. The van der Waals surface area contributed by atoms with Gasteiger partial charge in [0.05, 0.1) is 10.4 Å². The molecule has 1 aromatic rings. The molecule has 116 valence electrons. The van der Waals surface area contributed by atoms with E-state index in [1.165, 1.54) is 5.56 Å². The van der Waals surface area contributed by atoms with Gasteiger partial charge in [0.25, 0.3) is 0 Å². The Labute approximate surface area is 131 Å². The number of hydrogen-bond donors (Lipinski definition) is 1. The van der Waals surface area contributed by atoms with Gasteiger partial charge in [0.2, 0.25) is 0 Å². The van der Waals surface area contributed by atoms with Crippen LogP contribution in [0, 0.1) is 0 Å². The SMILES string of the molecule is CO[Si](CCCCl)(OC)OC.[SiH3]NCc1ccccc1. The van der Waals surface area contributed by atoms with Crippen molar-refractivity contribution < 1.29 is 13.3 Å². The predicted molar refractivity (Wildman–Crippen MR) is 90.1 cm³/mol. The highest BCUT2D eigenvalue weighted by atomic mass is 35.5. The summed E-state index contributed by atoms with van der Waals surface area (Å²) in [5, 5.41) is 0. The third-order valence-electron chi connectivity index (χ3n) is 2.77. The number of benzene rings is 1. The number of hydrogen-bond acceptors (Lipinski definition) is 4. The van der Waals surface area contributed by atoms with Crippen LogP contribution in [0.15, 0.2) is 30.3 Å². The molecule has 0 saturated carbocycles. The minimum atomic E-state index is -2.32. The highest BCUT2D eigenvalue weighted by Gasteiger charge is 2.36. The molecule has 7 heteroatoms. The molecule has 0 aliphatic rings. The van der Waals surface area contributed by atoms with E-state index in [2.05, 4.69) is 29.2 Å². The molecule has 20 heavy (non-hydrogen) atoms. The van der Waals surface area contributed by atoms with Crippen LogP contribution >= 0.6 is 11.6 Å². The molecule has 0 unspecified atom stereocenters. The largest absolute Gasteiger partial charge is 0.500 e. The summed E-state index contributed by atoms with van der Waals surface area (Å²) in [7, 11) is 3.56. The molecular formula is C13H26ClNO3Si2. The van der Waals surface area contributed by atoms with Crippen LogP contribution < -0.4 is 4.98 Å². The second kappa shape index (κ2) is 12.5. The zero-order valence-electron chi connectivity index (χ0n) is 12.8. The molecule has 0 fully saturated rings. The molecular weight excluding hydrogens is 310 g/mol. The van der Waals surface area contributed by atoms with Crippen molar-refractivity contribution >= 4 is 30.8 Å². The lowest BCUT2D eigenvalue weighted by molar-refractivity contribution is 0.123. The Bertz CT molecular complexity index is 318. The predicted octanol–water partition coefficient (Wildman–Crippen LogP) is 1.55. The number of rotatable bonds is 8. The summed E-state index contributed by atoms with van der Waals surface area (Å²) in [5.41, 5.74) is 1.37. The molecule has 4 nitrogen and oxygen atoms in total. The molecule has 1 N–H and O–H groups in total. The molecule has 0 aliphatic heterocycles. The van der Waals surface area contributed by atoms with Gasteiger partial charge in [-0.25, -0.2) is 0 Å². The highest BCUT2D eigenvalue weighted by Crippen LogP contribution is 2.14. The molecule has 0 radical (unpaired) electrons. The molecule has 0 aliphatic carbocycles. The first kappa shape index (κ1) is 19.8. The van der Waals surface area contributed by atoms with E-state index in [4.69, 9.17) is 24.9 Å². The van der Waals surface area contributed by atoms with Crippen molar-refractivity contribution in [2.45, 2.75) is 19.0 Å². The van der Waals surface area contributed by atoms with Crippen molar-refractivity contribution in [1.82, 2.24) is 4.98 Å². The van der Waals surface area contributed by atoms with E-state index >= 15 is 0 Å². The standard InChI is InChI=1S/C7H11NSi.C6H15ClO3Si/c9-8-6-7-4-2-1-3-5-7;1-8-11(9-2,10-3)6-4-5-7/h1-5,8H,6H2,9H3;4-6H2,1-3H3. The smallest absolute Gasteiger partial charge is 0.377 e. The van der Waals surface area contributed by atoms with Gasteiger partial charge in [-0.15, -0.1) is 11.6 Å². The molecule has 0 atom stereocenters. The van der Waals surface area contributed by atoms with Crippen LogP contribution in [0.1, 0.15) is 12.0 Å². The Morgan fingerprint density at radius 1 is 1.10 bits per heavy atom. The normalized spacial score (nSPS) is 11.0.